The van der Waals surface area contributed by atoms with E-state index in [9.17, 15) is 18.0 Å². The van der Waals surface area contributed by atoms with Crippen LogP contribution in [-0.4, -0.2) is 57.0 Å². The summed E-state index contributed by atoms with van der Waals surface area (Å²) in [5, 5.41) is 7.17. The predicted octanol–water partition coefficient (Wildman–Crippen LogP) is 3.10. The van der Waals surface area contributed by atoms with Gasteiger partial charge in [-0.3, -0.25) is 4.79 Å². The molecule has 2 rings (SSSR count). The lowest BCUT2D eigenvalue weighted by atomic mass is 10.1. The van der Waals surface area contributed by atoms with E-state index < -0.39 is 16.1 Å². The number of benzene rings is 1. The fraction of sp³-hybridized carbons (Fsp3) is 0.364. The number of carbonyl (C=O) groups is 2. The van der Waals surface area contributed by atoms with Crippen molar-refractivity contribution in [3.05, 3.63) is 52.2 Å². The molecule has 12 heteroatoms. The summed E-state index contributed by atoms with van der Waals surface area (Å²) in [4.78, 5) is 25.0. The van der Waals surface area contributed by atoms with E-state index in [-0.39, 0.29) is 42.4 Å². The lowest BCUT2D eigenvalue weighted by Gasteiger charge is -2.20. The molecule has 0 saturated carbocycles. The van der Waals surface area contributed by atoms with Gasteiger partial charge in [0, 0.05) is 30.6 Å². The first-order chi connectivity index (χ1) is 16.1. The molecule has 0 radical (unpaired) electrons. The van der Waals surface area contributed by atoms with Gasteiger partial charge < -0.3 is 20.1 Å². The van der Waals surface area contributed by atoms with E-state index in [0.29, 0.717) is 15.7 Å². The number of amides is 3. The zero-order valence-corrected chi connectivity index (χ0v) is 21.7. The number of nitrogens with one attached hydrogen (secondary N) is 2. The van der Waals surface area contributed by atoms with Crippen molar-refractivity contribution >= 4 is 52.2 Å². The van der Waals surface area contributed by atoms with Gasteiger partial charge in [-0.1, -0.05) is 12.1 Å². The summed E-state index contributed by atoms with van der Waals surface area (Å²) < 4.78 is 37.2. The second kappa shape index (κ2) is 13.4. The predicted molar refractivity (Wildman–Crippen MR) is 136 cm³/mol. The number of urea groups is 1. The van der Waals surface area contributed by atoms with Crippen LogP contribution in [0.5, 0.6) is 5.75 Å². The highest BCUT2D eigenvalue weighted by atomic mass is 32.3. The molecule has 0 bridgehead atoms. The third-order valence-corrected chi connectivity index (χ3v) is 7.46. The number of ether oxygens (including phenoxy) is 2. The fourth-order valence-electron chi connectivity index (χ4n) is 2.70. The average Bonchev–Trinajstić information content (AvgIpc) is 3.31. The summed E-state index contributed by atoms with van der Waals surface area (Å²) in [5.74, 6) is -0.187. The van der Waals surface area contributed by atoms with Crippen molar-refractivity contribution in [3.8, 4) is 5.75 Å². The Balaban J connectivity index is 2.15. The molecular weight excluding hydrogens is 498 g/mol. The Kier molecular flexibility index (Phi) is 10.9. The average molecular weight is 528 g/mol. The molecule has 3 amide bonds. The number of sulfonamides is 1. The van der Waals surface area contributed by atoms with Crippen LogP contribution in [0.15, 0.2) is 46.7 Å². The minimum absolute atomic E-state index is 0.0695. The number of rotatable bonds is 12. The van der Waals surface area contributed by atoms with Gasteiger partial charge >= 0.3 is 6.03 Å². The number of hydrogen-bond donors (Lipinski definition) is 3. The molecule has 1 aromatic carbocycles. The van der Waals surface area contributed by atoms with Gasteiger partial charge in [0.25, 0.3) is 10.0 Å². The summed E-state index contributed by atoms with van der Waals surface area (Å²) in [5.41, 5.74) is 0.631. The maximum atomic E-state index is 13.1. The topological polar surface area (TPSA) is 114 Å². The van der Waals surface area contributed by atoms with Crippen LogP contribution in [0.4, 0.5) is 4.79 Å². The second-order valence-corrected chi connectivity index (χ2v) is 10.8. The molecule has 34 heavy (non-hydrogen) atoms. The molecule has 2 N–H and O–H groups in total. The highest BCUT2D eigenvalue weighted by Crippen LogP contribution is 2.29. The monoisotopic (exact) mass is 527 g/mol. The second-order valence-electron chi connectivity index (χ2n) is 7.36. The molecule has 0 fully saturated rings. The summed E-state index contributed by atoms with van der Waals surface area (Å²) in [6, 6.07) is 7.27. The van der Waals surface area contributed by atoms with Crippen molar-refractivity contribution in [3.63, 3.8) is 0 Å². The Morgan fingerprint density at radius 2 is 2.00 bits per heavy atom. The van der Waals surface area contributed by atoms with E-state index in [1.54, 1.807) is 26.0 Å². The number of methoxy groups -OCH3 is 1. The van der Waals surface area contributed by atoms with Crippen LogP contribution in [0.25, 0.3) is 6.08 Å². The molecular formula is C22H29N3O6S3. The first kappa shape index (κ1) is 27.7. The maximum Gasteiger partial charge on any atom is 0.341 e. The van der Waals surface area contributed by atoms with Gasteiger partial charge in [-0.15, -0.1) is 11.3 Å². The van der Waals surface area contributed by atoms with Gasteiger partial charge in [0.1, 0.15) is 17.3 Å². The minimum atomic E-state index is -4.33. The molecule has 0 spiro atoms. The van der Waals surface area contributed by atoms with Gasteiger partial charge in [-0.2, -0.15) is 12.1 Å². The molecule has 1 heterocycles. The Morgan fingerprint density at radius 3 is 2.65 bits per heavy atom. The van der Waals surface area contributed by atoms with Crippen molar-refractivity contribution in [2.24, 2.45) is 0 Å². The number of thiophene rings is 1. The first-order valence-corrected chi connectivity index (χ1v) is 13.2. The normalized spacial score (nSPS) is 11.6. The zero-order chi connectivity index (χ0) is 25.1. The first-order valence-electron chi connectivity index (χ1n) is 10.4. The lowest BCUT2D eigenvalue weighted by molar-refractivity contribution is -0.116. The number of nitrogens with zero attached hydrogens (tertiary/aromatic N) is 1. The molecule has 0 atom stereocenters. The third-order valence-electron chi connectivity index (χ3n) is 4.30. The van der Waals surface area contributed by atoms with Crippen LogP contribution in [0.1, 0.15) is 24.3 Å². The smallest absolute Gasteiger partial charge is 0.341 e. The summed E-state index contributed by atoms with van der Waals surface area (Å²) in [6.45, 7) is 4.07. The molecule has 0 aliphatic rings. The number of carbonyl (C=O) groups excluding carboxylic acids is 2. The lowest BCUT2D eigenvalue weighted by Crippen LogP contribution is -2.41. The van der Waals surface area contributed by atoms with Gasteiger partial charge in [0.2, 0.25) is 5.91 Å². The molecule has 0 aliphatic heterocycles. The van der Waals surface area contributed by atoms with Gasteiger partial charge in [0.15, 0.2) is 0 Å². The molecule has 9 nitrogen and oxygen atoms in total. The van der Waals surface area contributed by atoms with Crippen LogP contribution in [-0.2, 0) is 26.0 Å². The Morgan fingerprint density at radius 1 is 1.24 bits per heavy atom. The van der Waals surface area contributed by atoms with Crippen LogP contribution >= 0.6 is 24.2 Å². The van der Waals surface area contributed by atoms with Crippen LogP contribution in [0, 0.1) is 0 Å². The third kappa shape index (κ3) is 8.35. The Hall–Kier alpha value is -2.54. The van der Waals surface area contributed by atoms with E-state index >= 15 is 0 Å². The maximum absolute atomic E-state index is 13.1. The largest absolute Gasteiger partial charge is 0.490 e. The van der Waals surface area contributed by atoms with Gasteiger partial charge in [-0.05, 0) is 68.3 Å². The van der Waals surface area contributed by atoms with E-state index in [1.807, 2.05) is 17.5 Å². The SMILES string of the molecule is COCCOc1ccc(CCNC(=O)C=Cc2cccs2)cc1S(=O)(=O)N(S)C(=O)NC(C)C. The molecule has 0 unspecified atom stereocenters. The van der Waals surface area contributed by atoms with Crippen LogP contribution in [0.3, 0.4) is 0 Å². The van der Waals surface area contributed by atoms with Crippen molar-refractivity contribution in [1.29, 1.82) is 0 Å². The van der Waals surface area contributed by atoms with Gasteiger partial charge in [0.05, 0.1) is 6.61 Å². The van der Waals surface area contributed by atoms with Crippen molar-refractivity contribution in [2.75, 3.05) is 26.9 Å². The standard InChI is InChI=1S/C22H29N3O6S3/c1-16(2)24-22(27)25(32)34(28,29)20-15-17(6-8-19(20)31-13-12-30-3)10-11-23-21(26)9-7-18-5-4-14-33-18/h4-9,14-16,32H,10-13H2,1-3H3,(H,23,26)(H,24,27). The summed E-state index contributed by atoms with van der Waals surface area (Å²) in [6.07, 6.45) is 3.53. The van der Waals surface area contributed by atoms with E-state index in [1.165, 1.54) is 36.7 Å². The van der Waals surface area contributed by atoms with Crippen molar-refractivity contribution in [1.82, 2.24) is 14.3 Å². The molecule has 186 valence electrons. The van der Waals surface area contributed by atoms with Crippen LogP contribution < -0.4 is 15.4 Å². The highest BCUT2D eigenvalue weighted by molar-refractivity contribution is 8.00. The Bertz CT molecular complexity index is 1090. The van der Waals surface area contributed by atoms with E-state index in [2.05, 4.69) is 23.4 Å². The summed E-state index contributed by atoms with van der Waals surface area (Å²) in [7, 11) is -2.83. The fourth-order valence-corrected chi connectivity index (χ4v) is 4.78. The zero-order valence-electron chi connectivity index (χ0n) is 19.2. The molecule has 0 aliphatic carbocycles. The molecule has 0 saturated heterocycles. The summed E-state index contributed by atoms with van der Waals surface area (Å²) >= 11 is 5.44. The van der Waals surface area contributed by atoms with Crippen LogP contribution in [0.2, 0.25) is 0 Å². The molecule has 1 aromatic heterocycles. The molecule has 2 aromatic rings. The quantitative estimate of drug-likeness (QED) is 0.222. The van der Waals surface area contributed by atoms with Crippen molar-refractivity contribution < 1.29 is 27.5 Å². The number of thiol groups is 1. The van der Waals surface area contributed by atoms with Crippen molar-refractivity contribution in [2.45, 2.75) is 31.2 Å². The van der Waals surface area contributed by atoms with E-state index in [0.717, 1.165) is 4.88 Å². The van der Waals surface area contributed by atoms with Gasteiger partial charge in [-0.25, -0.2) is 4.79 Å². The minimum Gasteiger partial charge on any atom is -0.490 e. The highest BCUT2D eigenvalue weighted by Gasteiger charge is 2.30. The Labute approximate surface area is 209 Å². The van der Waals surface area contributed by atoms with E-state index in [4.69, 9.17) is 9.47 Å². The number of hydrogen-bond acceptors (Lipinski definition) is 8.